The number of anilines is 1. The van der Waals surface area contributed by atoms with Gasteiger partial charge in [0.15, 0.2) is 17.5 Å². The molecular formula is C31H33N5O6S. The Morgan fingerprint density at radius 3 is 2.44 bits per heavy atom. The van der Waals surface area contributed by atoms with Gasteiger partial charge >= 0.3 is 6.03 Å². The number of aromatic nitrogens is 1. The van der Waals surface area contributed by atoms with E-state index in [0.29, 0.717) is 11.3 Å². The van der Waals surface area contributed by atoms with Crippen LogP contribution in [0, 0.1) is 0 Å². The molecule has 12 heteroatoms. The van der Waals surface area contributed by atoms with Crippen LogP contribution in [0.3, 0.4) is 0 Å². The van der Waals surface area contributed by atoms with Crippen LogP contribution >= 0.6 is 11.3 Å². The number of hydrogen-bond acceptors (Lipinski definition) is 8. The lowest BCUT2D eigenvalue weighted by molar-refractivity contribution is -0.134. The second-order valence-corrected chi connectivity index (χ2v) is 11.3. The molecule has 5 rings (SSSR count). The summed E-state index contributed by atoms with van der Waals surface area (Å²) in [6.45, 7) is 4.91. The van der Waals surface area contributed by atoms with E-state index in [9.17, 15) is 24.0 Å². The predicted octanol–water partition coefficient (Wildman–Crippen LogP) is 4.14. The van der Waals surface area contributed by atoms with Gasteiger partial charge in [-0.2, -0.15) is 0 Å². The van der Waals surface area contributed by atoms with Gasteiger partial charge in [-0.25, -0.2) is 14.7 Å². The van der Waals surface area contributed by atoms with Gasteiger partial charge in [0.1, 0.15) is 23.5 Å². The van der Waals surface area contributed by atoms with Crippen LogP contribution in [-0.2, 0) is 14.4 Å². The summed E-state index contributed by atoms with van der Waals surface area (Å²) in [5.74, 6) is -1.50. The maximum Gasteiger partial charge on any atom is 0.325 e. The van der Waals surface area contributed by atoms with Gasteiger partial charge in [-0.1, -0.05) is 56.3 Å². The molecule has 1 aromatic heterocycles. The topological polar surface area (TPSA) is 138 Å². The van der Waals surface area contributed by atoms with E-state index in [2.05, 4.69) is 15.6 Å². The first kappa shape index (κ1) is 29.9. The molecule has 11 nitrogen and oxygen atoms in total. The van der Waals surface area contributed by atoms with Gasteiger partial charge in [0, 0.05) is 30.8 Å². The minimum Gasteiger partial charge on any atom is -0.484 e. The largest absolute Gasteiger partial charge is 0.484 e. The molecule has 2 aliphatic rings. The zero-order chi connectivity index (χ0) is 30.5. The molecule has 3 heterocycles. The molecule has 2 saturated heterocycles. The number of carbonyl (C=O) groups excluding carboxylic acids is 5. The highest BCUT2D eigenvalue weighted by Crippen LogP contribution is 2.32. The molecule has 0 bridgehead atoms. The van der Waals surface area contributed by atoms with Gasteiger partial charge in [-0.3, -0.25) is 19.2 Å². The van der Waals surface area contributed by atoms with Gasteiger partial charge in [0.05, 0.1) is 0 Å². The Labute approximate surface area is 253 Å². The molecule has 0 radical (unpaired) electrons. The van der Waals surface area contributed by atoms with E-state index >= 15 is 0 Å². The fourth-order valence-corrected chi connectivity index (χ4v) is 5.99. The highest BCUT2D eigenvalue weighted by Gasteiger charge is 2.47. The summed E-state index contributed by atoms with van der Waals surface area (Å²) in [7, 11) is 0. The van der Waals surface area contributed by atoms with Crippen molar-refractivity contribution in [2.24, 2.45) is 0 Å². The normalized spacial score (nSPS) is 17.9. The average Bonchev–Trinajstić information content (AvgIpc) is 3.79. The maximum absolute atomic E-state index is 13.8. The number of imide groups is 1. The molecule has 3 aromatic rings. The monoisotopic (exact) mass is 603 g/mol. The summed E-state index contributed by atoms with van der Waals surface area (Å²) in [5, 5.41) is 7.19. The van der Waals surface area contributed by atoms with Crippen molar-refractivity contribution in [3.05, 3.63) is 76.8 Å². The summed E-state index contributed by atoms with van der Waals surface area (Å²) in [4.78, 5) is 72.1. The van der Waals surface area contributed by atoms with Crippen LogP contribution in [-0.4, -0.2) is 70.1 Å². The molecule has 0 aliphatic carbocycles. The van der Waals surface area contributed by atoms with Crippen LogP contribution in [0.4, 0.5) is 9.93 Å². The van der Waals surface area contributed by atoms with E-state index in [1.165, 1.54) is 0 Å². The fourth-order valence-electron chi connectivity index (χ4n) is 5.27. The zero-order valence-corrected chi connectivity index (χ0v) is 24.8. The van der Waals surface area contributed by atoms with E-state index in [0.717, 1.165) is 47.7 Å². The lowest BCUT2D eigenvalue weighted by Gasteiger charge is -2.29. The molecule has 0 saturated carbocycles. The summed E-state index contributed by atoms with van der Waals surface area (Å²) >= 11 is 1.10. The number of urea groups is 1. The van der Waals surface area contributed by atoms with Crippen LogP contribution in [0.15, 0.2) is 60.0 Å². The maximum atomic E-state index is 13.8. The van der Waals surface area contributed by atoms with Crippen LogP contribution in [0.25, 0.3) is 0 Å². The number of rotatable bonds is 11. The molecule has 5 amide bonds. The van der Waals surface area contributed by atoms with E-state index in [-0.39, 0.29) is 35.5 Å². The van der Waals surface area contributed by atoms with Crippen molar-refractivity contribution in [2.75, 3.05) is 25.0 Å². The zero-order valence-electron chi connectivity index (χ0n) is 23.9. The number of ketones is 1. The third-order valence-electron chi connectivity index (χ3n) is 7.69. The molecule has 2 aliphatic heterocycles. The SMILES string of the molecule is CCC(=O)c1csc(NC(=O)[C@H]([C@@H](C)c2ccccc2)N2C(=O)NC(c3ccc(OCC(=O)N4CCCC4)cc3)C2=O)n1. The molecule has 0 spiro atoms. The van der Waals surface area contributed by atoms with Gasteiger partial charge in [-0.15, -0.1) is 11.3 Å². The minimum atomic E-state index is -1.20. The van der Waals surface area contributed by atoms with Gasteiger partial charge in [-0.05, 0) is 36.1 Å². The molecular weight excluding hydrogens is 570 g/mol. The van der Waals surface area contributed by atoms with Gasteiger partial charge in [0.25, 0.3) is 11.8 Å². The third kappa shape index (κ3) is 6.59. The number of ether oxygens (including phenoxy) is 1. The lowest BCUT2D eigenvalue weighted by atomic mass is 9.91. The van der Waals surface area contributed by atoms with E-state index in [4.69, 9.17) is 4.74 Å². The summed E-state index contributed by atoms with van der Waals surface area (Å²) < 4.78 is 5.64. The van der Waals surface area contributed by atoms with Crippen molar-refractivity contribution in [2.45, 2.75) is 51.1 Å². The molecule has 1 unspecified atom stereocenters. The van der Waals surface area contributed by atoms with Crippen LogP contribution in [0.1, 0.15) is 66.7 Å². The number of benzene rings is 2. The first-order chi connectivity index (χ1) is 20.8. The molecule has 3 atom stereocenters. The first-order valence-corrected chi connectivity index (χ1v) is 15.1. The Balaban J connectivity index is 1.33. The average molecular weight is 604 g/mol. The summed E-state index contributed by atoms with van der Waals surface area (Å²) in [6, 6.07) is 12.8. The Hall–Kier alpha value is -4.58. The Bertz CT molecular complexity index is 1500. The number of Topliss-reactive ketones (excluding diaryl/α,β-unsaturated/α-hetero) is 1. The van der Waals surface area contributed by atoms with Crippen LogP contribution < -0.4 is 15.4 Å². The number of amides is 5. The molecule has 2 N–H and O–H groups in total. The standard InChI is InChI=1S/C31H33N5O6S/c1-3-24(37)23-18-43-30(32-23)34-28(39)27(19(2)20-9-5-4-6-10-20)36-29(40)26(33-31(36)41)21-11-13-22(14-12-21)42-17-25(38)35-15-7-8-16-35/h4-6,9-14,18-19,26-27H,3,7-8,15-17H2,1-2H3,(H,33,41)(H,32,34,39)/t19-,26?,27-/m0/s1. The lowest BCUT2D eigenvalue weighted by Crippen LogP contribution is -2.50. The molecule has 43 heavy (non-hydrogen) atoms. The number of nitrogens with zero attached hydrogens (tertiary/aromatic N) is 3. The summed E-state index contributed by atoms with van der Waals surface area (Å²) in [6.07, 6.45) is 2.27. The smallest absolute Gasteiger partial charge is 0.325 e. The number of nitrogens with one attached hydrogen (secondary N) is 2. The van der Waals surface area contributed by atoms with Crippen molar-refractivity contribution in [1.29, 1.82) is 0 Å². The number of likely N-dealkylation sites (tertiary alicyclic amines) is 1. The number of hydrogen-bond donors (Lipinski definition) is 2. The fraction of sp³-hybridized carbons (Fsp3) is 0.355. The Morgan fingerprint density at radius 1 is 1.07 bits per heavy atom. The van der Waals surface area contributed by atoms with Crippen LogP contribution in [0.5, 0.6) is 5.75 Å². The van der Waals surface area contributed by atoms with E-state index in [1.807, 2.05) is 30.3 Å². The molecule has 2 fully saturated rings. The van der Waals surface area contributed by atoms with Crippen molar-refractivity contribution in [3.8, 4) is 5.75 Å². The quantitative estimate of drug-likeness (QED) is 0.248. The Kier molecular flexibility index (Phi) is 9.15. The first-order valence-electron chi connectivity index (χ1n) is 14.3. The van der Waals surface area contributed by atoms with Crippen molar-refractivity contribution >= 4 is 46.0 Å². The van der Waals surface area contributed by atoms with Gasteiger partial charge in [0.2, 0.25) is 5.91 Å². The second-order valence-electron chi connectivity index (χ2n) is 10.5. The summed E-state index contributed by atoms with van der Waals surface area (Å²) in [5.41, 5.74) is 1.52. The highest BCUT2D eigenvalue weighted by molar-refractivity contribution is 7.14. The number of carbonyl (C=O) groups is 5. The minimum absolute atomic E-state index is 0.0711. The van der Waals surface area contributed by atoms with Gasteiger partial charge < -0.3 is 20.3 Å². The van der Waals surface area contributed by atoms with Crippen LogP contribution in [0.2, 0.25) is 0 Å². The highest BCUT2D eigenvalue weighted by atomic mass is 32.1. The van der Waals surface area contributed by atoms with E-state index in [1.54, 1.807) is 48.4 Å². The second kappa shape index (κ2) is 13.2. The number of thiazole rings is 1. The van der Waals surface area contributed by atoms with Crippen molar-refractivity contribution < 1.29 is 28.7 Å². The van der Waals surface area contributed by atoms with Crippen molar-refractivity contribution in [1.82, 2.24) is 20.1 Å². The van der Waals surface area contributed by atoms with Crippen molar-refractivity contribution in [3.63, 3.8) is 0 Å². The molecule has 2 aromatic carbocycles. The Morgan fingerprint density at radius 2 is 1.77 bits per heavy atom. The predicted molar refractivity (Wildman–Crippen MR) is 160 cm³/mol. The molecule has 224 valence electrons. The third-order valence-corrected chi connectivity index (χ3v) is 8.45. The van der Waals surface area contributed by atoms with E-state index < -0.39 is 35.8 Å².